The Morgan fingerprint density at radius 1 is 1.38 bits per heavy atom. The average Bonchev–Trinajstić information content (AvgIpc) is 2.70. The van der Waals surface area contributed by atoms with Crippen LogP contribution in [-0.4, -0.2) is 59.2 Å². The summed E-state index contributed by atoms with van der Waals surface area (Å²) in [6.07, 6.45) is -0.785. The molecule has 1 fully saturated rings. The van der Waals surface area contributed by atoms with E-state index < -0.39 is 44.4 Å². The Hall–Kier alpha value is -2.43. The monoisotopic (exact) mass is 470 g/mol. The molecule has 11 nitrogen and oxygen atoms in total. The van der Waals surface area contributed by atoms with Gasteiger partial charge in [0.1, 0.15) is 18.6 Å². The van der Waals surface area contributed by atoms with Crippen LogP contribution in [0.1, 0.15) is 45.1 Å². The van der Waals surface area contributed by atoms with Gasteiger partial charge < -0.3 is 15.2 Å². The molecule has 32 heavy (non-hydrogen) atoms. The number of esters is 1. The van der Waals surface area contributed by atoms with Gasteiger partial charge in [0, 0.05) is 17.2 Å². The van der Waals surface area contributed by atoms with Gasteiger partial charge in [-0.25, -0.2) is 4.79 Å². The van der Waals surface area contributed by atoms with Crippen molar-refractivity contribution >= 4 is 26.2 Å². The Kier molecular flexibility index (Phi) is 9.67. The second kappa shape index (κ2) is 12.0. The number of nitrogens with zero attached hydrogens (tertiary/aromatic N) is 1. The minimum atomic E-state index is -2.75. The van der Waals surface area contributed by atoms with Crippen LogP contribution in [0.5, 0.6) is 5.75 Å². The van der Waals surface area contributed by atoms with Crippen LogP contribution in [0.3, 0.4) is 0 Å². The zero-order chi connectivity index (χ0) is 23.8. The van der Waals surface area contributed by atoms with Crippen LogP contribution in [0.2, 0.25) is 0 Å². The van der Waals surface area contributed by atoms with Gasteiger partial charge in [0.25, 0.3) is 0 Å². The Bertz CT molecular complexity index is 850. The second-order valence-electron chi connectivity index (χ2n) is 7.57. The number of carbonyl (C=O) groups excluding carboxylic acids is 3. The van der Waals surface area contributed by atoms with Gasteiger partial charge in [-0.1, -0.05) is 19.1 Å². The van der Waals surface area contributed by atoms with Crippen LogP contribution >= 0.6 is 8.25 Å². The molecule has 3 unspecified atom stereocenters. The first-order chi connectivity index (χ1) is 15.1. The van der Waals surface area contributed by atoms with Gasteiger partial charge in [0.15, 0.2) is 0 Å². The van der Waals surface area contributed by atoms with Gasteiger partial charge in [0.2, 0.25) is 5.91 Å². The molecule has 0 spiro atoms. The van der Waals surface area contributed by atoms with Crippen LogP contribution in [0.15, 0.2) is 24.3 Å². The van der Waals surface area contributed by atoms with Crippen molar-refractivity contribution in [1.29, 1.82) is 0 Å². The third-order valence-electron chi connectivity index (χ3n) is 4.67. The molecule has 0 saturated carbocycles. The van der Waals surface area contributed by atoms with Crippen molar-refractivity contribution in [3.63, 3.8) is 0 Å². The number of nitrogens with one attached hydrogen (secondary N) is 1. The highest BCUT2D eigenvalue weighted by Gasteiger charge is 2.37. The number of hydrogen-bond donors (Lipinski definition) is 3. The molecule has 12 heteroatoms. The fourth-order valence-corrected chi connectivity index (χ4v) is 3.57. The number of urea groups is 1. The summed E-state index contributed by atoms with van der Waals surface area (Å²) in [4.78, 5) is 47.1. The quantitative estimate of drug-likeness (QED) is 0.249. The minimum Gasteiger partial charge on any atom is -0.426 e. The van der Waals surface area contributed by atoms with E-state index in [2.05, 4.69) is 9.84 Å². The zero-order valence-electron chi connectivity index (χ0n) is 18.2. The van der Waals surface area contributed by atoms with Crippen molar-refractivity contribution in [2.24, 2.45) is 5.73 Å². The molecule has 5 atom stereocenters. The third-order valence-corrected chi connectivity index (χ3v) is 5.04. The van der Waals surface area contributed by atoms with Crippen molar-refractivity contribution < 1.29 is 37.8 Å². The van der Waals surface area contributed by atoms with E-state index in [1.165, 1.54) is 4.90 Å². The summed E-state index contributed by atoms with van der Waals surface area (Å²) in [5.74, 6) is -1.40. The molecule has 0 radical (unpaired) electrons. The number of hydrogen-bond acceptors (Lipinski definition) is 8. The fraction of sp³-hybridized carbons (Fsp3) is 0.550. The molecule has 1 aromatic rings. The number of carbonyl (C=O) groups is 3. The largest absolute Gasteiger partial charge is 0.694 e. The molecule has 1 saturated heterocycles. The molecule has 1 aliphatic rings. The van der Waals surface area contributed by atoms with E-state index in [1.54, 1.807) is 38.1 Å². The molecule has 176 valence electrons. The van der Waals surface area contributed by atoms with Crippen LogP contribution in [-0.2, 0) is 23.4 Å². The van der Waals surface area contributed by atoms with Crippen molar-refractivity contribution in [3.05, 3.63) is 29.8 Å². The highest BCUT2D eigenvalue weighted by Crippen LogP contribution is 2.27. The highest BCUT2D eigenvalue weighted by molar-refractivity contribution is 7.32. The lowest BCUT2D eigenvalue weighted by Crippen LogP contribution is -2.57. The summed E-state index contributed by atoms with van der Waals surface area (Å²) in [5.41, 5.74) is 6.18. The van der Waals surface area contributed by atoms with E-state index in [9.17, 15) is 18.9 Å². The summed E-state index contributed by atoms with van der Waals surface area (Å²) in [6, 6.07) is 5.59. The molecule has 1 aromatic carbocycles. The number of amides is 3. The van der Waals surface area contributed by atoms with E-state index in [0.29, 0.717) is 12.0 Å². The lowest BCUT2D eigenvalue weighted by molar-refractivity contribution is -0.134. The highest BCUT2D eigenvalue weighted by atomic mass is 31.1. The normalized spacial score (nSPS) is 19.7. The van der Waals surface area contributed by atoms with E-state index in [0.717, 1.165) is 0 Å². The van der Waals surface area contributed by atoms with Crippen molar-refractivity contribution in [1.82, 2.24) is 10.2 Å². The number of benzene rings is 1. The topological polar surface area (TPSA) is 157 Å². The molecule has 0 bridgehead atoms. The zero-order valence-corrected chi connectivity index (χ0v) is 19.1. The van der Waals surface area contributed by atoms with Gasteiger partial charge in [-0.3, -0.25) is 19.8 Å². The Morgan fingerprint density at radius 2 is 2.09 bits per heavy atom. The maximum absolute atomic E-state index is 12.5. The Labute approximate surface area is 187 Å². The van der Waals surface area contributed by atoms with E-state index in [-0.39, 0.29) is 31.4 Å². The van der Waals surface area contributed by atoms with Gasteiger partial charge in [0.05, 0.1) is 18.4 Å². The number of rotatable bonds is 11. The number of ether oxygens (including phenoxy) is 2. The summed E-state index contributed by atoms with van der Waals surface area (Å²) in [6.45, 7) is 5.06. The SMILES string of the molecule is CCC(O[C@@H](C)CO[P+](=O)O)N1CC(c2cccc(OC(=O)C[C@@H](C)N)c2)C(=O)NC1=O. The Morgan fingerprint density at radius 3 is 2.72 bits per heavy atom. The van der Waals surface area contributed by atoms with Gasteiger partial charge in [-0.2, -0.15) is 0 Å². The van der Waals surface area contributed by atoms with Crippen molar-refractivity contribution in [2.75, 3.05) is 13.2 Å². The molecule has 0 aromatic heterocycles. The second-order valence-corrected chi connectivity index (χ2v) is 8.30. The maximum Gasteiger partial charge on any atom is 0.694 e. The minimum absolute atomic E-state index is 0.0439. The molecular weight excluding hydrogens is 441 g/mol. The van der Waals surface area contributed by atoms with E-state index in [1.807, 2.05) is 6.92 Å². The maximum atomic E-state index is 12.5. The predicted octanol–water partition coefficient (Wildman–Crippen LogP) is 1.77. The molecule has 4 N–H and O–H groups in total. The summed E-state index contributed by atoms with van der Waals surface area (Å²) in [7, 11) is -2.75. The van der Waals surface area contributed by atoms with Gasteiger partial charge in [-0.15, -0.1) is 9.42 Å². The first-order valence-corrected chi connectivity index (χ1v) is 11.4. The summed E-state index contributed by atoms with van der Waals surface area (Å²) in [5, 5.41) is 2.33. The molecule has 3 amide bonds. The van der Waals surface area contributed by atoms with Crippen LogP contribution in [0.4, 0.5) is 4.79 Å². The van der Waals surface area contributed by atoms with Crippen LogP contribution in [0, 0.1) is 0 Å². The number of imide groups is 1. The predicted molar refractivity (Wildman–Crippen MR) is 114 cm³/mol. The van der Waals surface area contributed by atoms with Crippen LogP contribution < -0.4 is 15.8 Å². The molecule has 1 heterocycles. The lowest BCUT2D eigenvalue weighted by Gasteiger charge is -2.38. The summed E-state index contributed by atoms with van der Waals surface area (Å²) >= 11 is 0. The first kappa shape index (κ1) is 25.8. The average molecular weight is 470 g/mol. The van der Waals surface area contributed by atoms with E-state index >= 15 is 0 Å². The van der Waals surface area contributed by atoms with Gasteiger partial charge >= 0.3 is 20.3 Å². The van der Waals surface area contributed by atoms with Crippen molar-refractivity contribution in [3.8, 4) is 5.75 Å². The molecular formula is C20H29N3O8P+. The van der Waals surface area contributed by atoms with Crippen LogP contribution in [0.25, 0.3) is 0 Å². The molecule has 0 aliphatic carbocycles. The smallest absolute Gasteiger partial charge is 0.426 e. The van der Waals surface area contributed by atoms with Crippen molar-refractivity contribution in [2.45, 2.75) is 57.9 Å². The number of nitrogens with two attached hydrogens (primary N) is 1. The first-order valence-electron chi connectivity index (χ1n) is 10.2. The van der Waals surface area contributed by atoms with Gasteiger partial charge in [-0.05, 0) is 38.0 Å². The Balaban J connectivity index is 2.13. The fourth-order valence-electron chi connectivity index (χ4n) is 3.23. The molecule has 2 rings (SSSR count). The third kappa shape index (κ3) is 7.61. The molecule has 1 aliphatic heterocycles. The summed E-state index contributed by atoms with van der Waals surface area (Å²) < 4.78 is 26.5. The lowest BCUT2D eigenvalue weighted by atomic mass is 9.95. The van der Waals surface area contributed by atoms with E-state index in [4.69, 9.17) is 20.1 Å². The standard InChI is InChI=1S/C20H28N3O8P/c1-4-17(30-13(3)11-29-32(27)28)23-10-16(19(25)22-20(23)26)14-6-5-7-15(9-14)31-18(24)8-12(2)21/h5-7,9,12-13,16-17H,4,8,10-11,21H2,1-3H3,(H-,22,25,26,27,28)/p+1/t12-,13+,16?,17?/m1/s1.